The molecule has 19 heavy (non-hydrogen) atoms. The molecule has 1 aliphatic heterocycles. The molecule has 1 aromatic rings. The van der Waals surface area contributed by atoms with Crippen LogP contribution in [0.25, 0.3) is 0 Å². The van der Waals surface area contributed by atoms with E-state index in [1.54, 1.807) is 0 Å². The van der Waals surface area contributed by atoms with Gasteiger partial charge in [-0.05, 0) is 25.8 Å². The number of sulfonamides is 1. The van der Waals surface area contributed by atoms with Crippen LogP contribution in [0.1, 0.15) is 19.8 Å². The van der Waals surface area contributed by atoms with Gasteiger partial charge in [0.2, 0.25) is 0 Å². The van der Waals surface area contributed by atoms with Crippen molar-refractivity contribution >= 4 is 27.5 Å². The fourth-order valence-electron chi connectivity index (χ4n) is 1.79. The number of aromatic nitrogens is 1. The lowest BCUT2D eigenvalue weighted by Crippen LogP contribution is -2.38. The highest BCUT2D eigenvalue weighted by atomic mass is 35.5. The molecular formula is C11H13ClN2O4S. The van der Waals surface area contributed by atoms with Gasteiger partial charge in [-0.1, -0.05) is 11.6 Å². The van der Waals surface area contributed by atoms with Gasteiger partial charge in [0.1, 0.15) is 11.0 Å². The quantitative estimate of drug-likeness (QED) is 0.904. The average molecular weight is 305 g/mol. The number of ether oxygens (including phenoxy) is 1. The van der Waals surface area contributed by atoms with Crippen LogP contribution < -0.4 is 4.72 Å². The molecule has 2 heterocycles. The van der Waals surface area contributed by atoms with Crippen LogP contribution in [-0.4, -0.2) is 31.5 Å². The van der Waals surface area contributed by atoms with Crippen molar-refractivity contribution in [2.24, 2.45) is 0 Å². The molecule has 0 saturated carbocycles. The molecule has 1 N–H and O–H groups in total. The van der Waals surface area contributed by atoms with Crippen LogP contribution in [-0.2, 0) is 19.6 Å². The maximum Gasteiger partial charge on any atom is 0.265 e. The molecule has 0 aliphatic carbocycles. The molecule has 2 rings (SSSR count). The van der Waals surface area contributed by atoms with Crippen LogP contribution >= 0.6 is 11.6 Å². The van der Waals surface area contributed by atoms with Gasteiger partial charge in [-0.2, -0.15) is 0 Å². The van der Waals surface area contributed by atoms with E-state index in [-0.39, 0.29) is 16.0 Å². The predicted octanol–water partition coefficient (Wildman–Crippen LogP) is 1.11. The van der Waals surface area contributed by atoms with Gasteiger partial charge in [-0.25, -0.2) is 13.1 Å². The Morgan fingerprint density at radius 1 is 1.47 bits per heavy atom. The van der Waals surface area contributed by atoms with E-state index in [4.69, 9.17) is 16.3 Å². The third-order valence-corrected chi connectivity index (χ3v) is 4.27. The zero-order valence-electron chi connectivity index (χ0n) is 10.2. The lowest BCUT2D eigenvalue weighted by Gasteiger charge is -2.12. The molecule has 0 spiro atoms. The summed E-state index contributed by atoms with van der Waals surface area (Å²) in [6, 6.07) is 1.22. The number of amides is 1. The molecule has 1 aliphatic rings. The summed E-state index contributed by atoms with van der Waals surface area (Å²) in [5.74, 6) is -0.663. The third kappa shape index (κ3) is 3.43. The summed E-state index contributed by atoms with van der Waals surface area (Å²) in [4.78, 5) is 15.3. The molecule has 1 saturated heterocycles. The van der Waals surface area contributed by atoms with Crippen LogP contribution in [0.2, 0.25) is 5.02 Å². The van der Waals surface area contributed by atoms with Crippen molar-refractivity contribution in [3.05, 3.63) is 23.5 Å². The van der Waals surface area contributed by atoms with Gasteiger partial charge in [-0.15, -0.1) is 0 Å². The molecule has 1 fully saturated rings. The summed E-state index contributed by atoms with van der Waals surface area (Å²) in [6.07, 6.45) is 2.92. The maximum atomic E-state index is 11.9. The van der Waals surface area contributed by atoms with Crippen molar-refractivity contribution < 1.29 is 17.9 Å². The molecule has 6 nitrogen and oxygen atoms in total. The number of hydrogen-bond donors (Lipinski definition) is 1. The number of halogens is 1. The molecule has 0 aromatic carbocycles. The normalized spacial score (nSPS) is 23.3. The van der Waals surface area contributed by atoms with E-state index in [1.165, 1.54) is 12.3 Å². The average Bonchev–Trinajstić information content (AvgIpc) is 2.75. The molecule has 0 unspecified atom stereocenters. The van der Waals surface area contributed by atoms with Crippen molar-refractivity contribution in [3.63, 3.8) is 0 Å². The Morgan fingerprint density at radius 3 is 2.79 bits per heavy atom. The Labute approximate surface area is 116 Å². The Morgan fingerprint density at radius 2 is 2.21 bits per heavy atom. The van der Waals surface area contributed by atoms with Gasteiger partial charge in [0.15, 0.2) is 0 Å². The Balaban J connectivity index is 2.11. The van der Waals surface area contributed by atoms with Crippen LogP contribution in [0.15, 0.2) is 23.4 Å². The van der Waals surface area contributed by atoms with Crippen molar-refractivity contribution in [1.82, 2.24) is 9.71 Å². The highest BCUT2D eigenvalue weighted by Gasteiger charge is 2.31. The lowest BCUT2D eigenvalue weighted by molar-refractivity contribution is -0.129. The highest BCUT2D eigenvalue weighted by molar-refractivity contribution is 7.90. The van der Waals surface area contributed by atoms with Gasteiger partial charge in [0, 0.05) is 12.4 Å². The summed E-state index contributed by atoms with van der Waals surface area (Å²) in [6.45, 7) is 1.84. The summed E-state index contributed by atoms with van der Waals surface area (Å²) < 4.78 is 31.2. The number of nitrogens with zero attached hydrogens (tertiary/aromatic N) is 1. The number of carbonyl (C=O) groups excluding carboxylic acids is 1. The summed E-state index contributed by atoms with van der Waals surface area (Å²) in [5, 5.41) is 0.182. The monoisotopic (exact) mass is 304 g/mol. The fraction of sp³-hybridized carbons (Fsp3) is 0.455. The zero-order valence-corrected chi connectivity index (χ0v) is 11.7. The first kappa shape index (κ1) is 14.2. The molecule has 2 atom stereocenters. The lowest BCUT2D eigenvalue weighted by atomic mass is 10.2. The number of pyridine rings is 1. The summed E-state index contributed by atoms with van der Waals surface area (Å²) >= 11 is 5.67. The van der Waals surface area contributed by atoms with E-state index >= 15 is 0 Å². The number of nitrogens with one attached hydrogen (secondary N) is 1. The zero-order chi connectivity index (χ0) is 14.0. The topological polar surface area (TPSA) is 85.4 Å². The van der Waals surface area contributed by atoms with Gasteiger partial charge in [-0.3, -0.25) is 9.78 Å². The standard InChI is InChI=1S/C11H13ClN2O4S/c1-7-2-3-10(18-7)11(15)14-19(16,17)9-4-8(12)5-13-6-9/h4-7,10H,2-3H2,1H3,(H,14,15)/t7-,10-/m1/s1. The Kier molecular flexibility index (Phi) is 4.07. The van der Waals surface area contributed by atoms with Crippen LogP contribution in [0.3, 0.4) is 0 Å². The molecule has 104 valence electrons. The molecule has 0 bridgehead atoms. The van der Waals surface area contributed by atoms with E-state index in [9.17, 15) is 13.2 Å². The van der Waals surface area contributed by atoms with Crippen molar-refractivity contribution in [2.75, 3.05) is 0 Å². The van der Waals surface area contributed by atoms with Crippen LogP contribution in [0, 0.1) is 0 Å². The van der Waals surface area contributed by atoms with E-state index in [0.29, 0.717) is 6.42 Å². The number of rotatable bonds is 3. The van der Waals surface area contributed by atoms with E-state index in [2.05, 4.69) is 4.98 Å². The van der Waals surface area contributed by atoms with E-state index < -0.39 is 22.0 Å². The van der Waals surface area contributed by atoms with Gasteiger partial charge in [0.05, 0.1) is 11.1 Å². The highest BCUT2D eigenvalue weighted by Crippen LogP contribution is 2.20. The maximum absolute atomic E-state index is 11.9. The van der Waals surface area contributed by atoms with Crippen LogP contribution in [0.5, 0.6) is 0 Å². The van der Waals surface area contributed by atoms with Crippen molar-refractivity contribution in [1.29, 1.82) is 0 Å². The first-order chi connectivity index (χ1) is 8.88. The second kappa shape index (κ2) is 5.44. The van der Waals surface area contributed by atoms with Gasteiger partial charge >= 0.3 is 0 Å². The third-order valence-electron chi connectivity index (χ3n) is 2.75. The summed E-state index contributed by atoms with van der Waals surface area (Å²) in [7, 11) is -3.96. The SMILES string of the molecule is C[C@@H]1CC[C@H](C(=O)NS(=O)(=O)c2cncc(Cl)c2)O1. The number of carbonyl (C=O) groups is 1. The van der Waals surface area contributed by atoms with Crippen molar-refractivity contribution in [2.45, 2.75) is 36.9 Å². The first-order valence-electron chi connectivity index (χ1n) is 5.71. The molecule has 1 amide bonds. The summed E-state index contributed by atoms with van der Waals surface area (Å²) in [5.41, 5.74) is 0. The minimum Gasteiger partial charge on any atom is -0.365 e. The minimum absolute atomic E-state index is 0.0358. The largest absolute Gasteiger partial charge is 0.365 e. The number of hydrogen-bond acceptors (Lipinski definition) is 5. The molecular weight excluding hydrogens is 292 g/mol. The second-order valence-electron chi connectivity index (χ2n) is 4.32. The molecule has 0 radical (unpaired) electrons. The first-order valence-corrected chi connectivity index (χ1v) is 7.57. The molecule has 1 aromatic heterocycles. The molecule has 8 heteroatoms. The Bertz CT molecular complexity index is 590. The smallest absolute Gasteiger partial charge is 0.265 e. The van der Waals surface area contributed by atoms with Gasteiger partial charge in [0.25, 0.3) is 15.9 Å². The minimum atomic E-state index is -3.96. The van der Waals surface area contributed by atoms with Gasteiger partial charge < -0.3 is 4.74 Å². The predicted molar refractivity (Wildman–Crippen MR) is 68.1 cm³/mol. The van der Waals surface area contributed by atoms with E-state index in [0.717, 1.165) is 12.6 Å². The van der Waals surface area contributed by atoms with Crippen molar-refractivity contribution in [3.8, 4) is 0 Å². The fourth-order valence-corrected chi connectivity index (χ4v) is 3.03. The Hall–Kier alpha value is -1.18. The second-order valence-corrected chi connectivity index (χ2v) is 6.44. The van der Waals surface area contributed by atoms with E-state index in [1.807, 2.05) is 11.6 Å². The van der Waals surface area contributed by atoms with Crippen LogP contribution in [0.4, 0.5) is 0 Å².